The van der Waals surface area contributed by atoms with Gasteiger partial charge in [-0.3, -0.25) is 19.2 Å². The highest BCUT2D eigenvalue weighted by Crippen LogP contribution is 2.67. The molecule has 2 heterocycles. The molecule has 8 aliphatic rings. The predicted octanol–water partition coefficient (Wildman–Crippen LogP) is 4.40. The first kappa shape index (κ1) is 31.4. The third kappa shape index (κ3) is 3.71. The molecule has 0 radical (unpaired) electrons. The fourth-order valence-electron chi connectivity index (χ4n) is 10.5. The fraction of sp³-hybridized carbons (Fsp3) is 0.684. The van der Waals surface area contributed by atoms with Crippen LogP contribution in [0.1, 0.15) is 93.9 Å². The van der Waals surface area contributed by atoms with E-state index in [0.29, 0.717) is 60.8 Å². The van der Waals surface area contributed by atoms with Gasteiger partial charge in [0.05, 0.1) is 24.0 Å². The van der Waals surface area contributed by atoms with Crippen LogP contribution in [0.3, 0.4) is 0 Å². The van der Waals surface area contributed by atoms with E-state index in [-0.39, 0.29) is 11.6 Å². The molecule has 8 atom stereocenters. The minimum absolute atomic E-state index is 0.334. The summed E-state index contributed by atoms with van der Waals surface area (Å²) in [6, 6.07) is 0. The smallest absolute Gasteiger partial charge is 0.313 e. The number of hydrogen-bond donors (Lipinski definition) is 2. The van der Waals surface area contributed by atoms with Crippen LogP contribution in [0.4, 0.5) is 0 Å². The van der Waals surface area contributed by atoms with Gasteiger partial charge in [0.15, 0.2) is 11.6 Å². The lowest BCUT2D eigenvalue weighted by Gasteiger charge is -2.41. The van der Waals surface area contributed by atoms with Crippen molar-refractivity contribution in [3.63, 3.8) is 0 Å². The maximum absolute atomic E-state index is 14.2. The predicted molar refractivity (Wildman–Crippen MR) is 168 cm³/mol. The maximum Gasteiger partial charge on any atom is 0.313 e. The molecule has 2 saturated heterocycles. The summed E-state index contributed by atoms with van der Waals surface area (Å²) in [6.45, 7) is 14.7. The normalized spacial score (nSPS) is 42.4. The Morgan fingerprint density at radius 2 is 1.02 bits per heavy atom. The Hall–Kier alpha value is -2.88. The van der Waals surface area contributed by atoms with Gasteiger partial charge in [0.2, 0.25) is 0 Å². The monoisotopic (exact) mass is 646 g/mol. The highest BCUT2D eigenvalue weighted by atomic mass is 16.6. The van der Waals surface area contributed by atoms with E-state index in [2.05, 4.69) is 0 Å². The van der Waals surface area contributed by atoms with Crippen molar-refractivity contribution < 1.29 is 43.6 Å². The van der Waals surface area contributed by atoms with E-state index in [9.17, 15) is 29.4 Å². The molecule has 4 unspecified atom stereocenters. The summed E-state index contributed by atoms with van der Waals surface area (Å²) in [7, 11) is 0. The van der Waals surface area contributed by atoms with Crippen molar-refractivity contribution in [1.82, 2.24) is 0 Å². The number of hydrogen-bond acceptors (Lipinski definition) is 9. The van der Waals surface area contributed by atoms with Crippen molar-refractivity contribution in [1.29, 1.82) is 0 Å². The number of rotatable bonds is 4. The van der Waals surface area contributed by atoms with Gasteiger partial charge in [-0.15, -0.1) is 0 Å². The second kappa shape index (κ2) is 9.01. The molecule has 0 aromatic carbocycles. The number of aliphatic hydroxyl groups is 2. The summed E-state index contributed by atoms with van der Waals surface area (Å²) in [5.74, 6) is -3.53. The lowest BCUT2D eigenvalue weighted by Crippen LogP contribution is -2.51. The first-order valence-electron chi connectivity index (χ1n) is 17.2. The molecule has 0 amide bonds. The van der Waals surface area contributed by atoms with Crippen LogP contribution in [0.5, 0.6) is 0 Å². The molecule has 0 aromatic heterocycles. The molecule has 2 saturated carbocycles. The Balaban J connectivity index is 1.09. The van der Waals surface area contributed by atoms with Crippen LogP contribution in [0.25, 0.3) is 0 Å². The van der Waals surface area contributed by atoms with E-state index >= 15 is 0 Å². The molecule has 2 spiro atoms. The van der Waals surface area contributed by atoms with Crippen LogP contribution in [-0.4, -0.2) is 69.3 Å². The van der Waals surface area contributed by atoms with Gasteiger partial charge in [-0.05, 0) is 66.2 Å². The van der Waals surface area contributed by atoms with Crippen LogP contribution in [0.15, 0.2) is 45.6 Å². The van der Waals surface area contributed by atoms with E-state index in [1.165, 1.54) is 0 Å². The second-order valence-corrected chi connectivity index (χ2v) is 17.3. The minimum Gasteiger partial charge on any atom is -0.456 e. The number of Topliss-reactive ketones (excluding diaryl/α,β-unsaturated/α-hetero) is 2. The van der Waals surface area contributed by atoms with E-state index in [4.69, 9.17) is 14.2 Å². The van der Waals surface area contributed by atoms with Gasteiger partial charge in [0.25, 0.3) is 0 Å². The molecule has 2 N–H and O–H groups in total. The largest absolute Gasteiger partial charge is 0.456 e. The Morgan fingerprint density at radius 3 is 1.34 bits per heavy atom. The molecule has 47 heavy (non-hydrogen) atoms. The van der Waals surface area contributed by atoms with Crippen molar-refractivity contribution in [2.24, 2.45) is 33.5 Å². The van der Waals surface area contributed by atoms with Gasteiger partial charge in [-0.2, -0.15) is 0 Å². The summed E-state index contributed by atoms with van der Waals surface area (Å²) in [4.78, 5) is 55.6. The number of fused-ring (bicyclic) bond motifs is 4. The van der Waals surface area contributed by atoms with Crippen molar-refractivity contribution in [2.45, 2.75) is 130 Å². The molecule has 2 bridgehead atoms. The zero-order valence-electron chi connectivity index (χ0n) is 28.6. The Bertz CT molecular complexity index is 1580. The lowest BCUT2D eigenvalue weighted by molar-refractivity contribution is -0.168. The Morgan fingerprint density at radius 1 is 0.681 bits per heavy atom. The molecule has 9 heteroatoms. The van der Waals surface area contributed by atoms with Crippen molar-refractivity contribution >= 4 is 23.5 Å². The minimum atomic E-state index is -1.51. The quantitative estimate of drug-likeness (QED) is 0.426. The van der Waals surface area contributed by atoms with Gasteiger partial charge in [-0.1, -0.05) is 51.0 Å². The van der Waals surface area contributed by atoms with Crippen LogP contribution in [0, 0.1) is 33.5 Å². The summed E-state index contributed by atoms with van der Waals surface area (Å²) in [5, 5.41) is 22.6. The van der Waals surface area contributed by atoms with Crippen molar-refractivity contribution in [3.05, 3.63) is 45.6 Å². The molecule has 6 aliphatic carbocycles. The number of carbonyl (C=O) groups excluding carboxylic acids is 4. The molecule has 8 rings (SSSR count). The average molecular weight is 647 g/mol. The van der Waals surface area contributed by atoms with Gasteiger partial charge < -0.3 is 24.4 Å². The van der Waals surface area contributed by atoms with E-state index < -0.39 is 81.1 Å². The first-order valence-corrected chi connectivity index (χ1v) is 17.2. The molecular formula is C38H46O9. The number of ether oxygens (including phenoxy) is 3. The molecule has 9 nitrogen and oxygen atoms in total. The lowest BCUT2D eigenvalue weighted by atomic mass is 9.67. The Labute approximate surface area is 275 Å². The van der Waals surface area contributed by atoms with Crippen LogP contribution >= 0.6 is 0 Å². The topological polar surface area (TPSA) is 136 Å². The summed E-state index contributed by atoms with van der Waals surface area (Å²) in [5.41, 5.74) is -1.77. The molecule has 0 aromatic rings. The van der Waals surface area contributed by atoms with Gasteiger partial charge >= 0.3 is 11.9 Å². The number of ketones is 2. The number of carbonyl (C=O) groups is 4. The van der Waals surface area contributed by atoms with Crippen molar-refractivity contribution in [3.8, 4) is 0 Å². The summed E-state index contributed by atoms with van der Waals surface area (Å²) < 4.78 is 18.9. The van der Waals surface area contributed by atoms with E-state index in [1.807, 2.05) is 53.7 Å². The third-order valence-corrected chi connectivity index (χ3v) is 13.8. The van der Waals surface area contributed by atoms with Crippen molar-refractivity contribution in [2.75, 3.05) is 0 Å². The standard InChI is InChI=1S/C38H46O9/c1-17-23-19(27(39)35(7,43)37(17)11-12-37)15-33(3,4)29(23)46-31(41)25-21-9-10-22(45-21)26(25)32(42)47-30-24-18(2)38(13-14-38)36(8,44)28(40)20(24)16-34(30,5)6/h15-16,21-22,25-26,29-30,43-44H,9-14H2,1-8H3/t21?,22?,25?,26?,29-,30-,35+,36+/m1/s1. The van der Waals surface area contributed by atoms with Gasteiger partial charge in [0, 0.05) is 44.0 Å². The highest BCUT2D eigenvalue weighted by molar-refractivity contribution is 6.10. The van der Waals surface area contributed by atoms with Gasteiger partial charge in [0.1, 0.15) is 23.4 Å². The number of esters is 2. The molecule has 4 fully saturated rings. The molecular weight excluding hydrogens is 600 g/mol. The zero-order valence-corrected chi connectivity index (χ0v) is 28.6. The molecule has 2 aliphatic heterocycles. The second-order valence-electron chi connectivity index (χ2n) is 17.3. The van der Waals surface area contributed by atoms with E-state index in [0.717, 1.165) is 11.1 Å². The zero-order chi connectivity index (χ0) is 34.0. The Kier molecular flexibility index (Phi) is 6.02. The summed E-state index contributed by atoms with van der Waals surface area (Å²) >= 11 is 0. The third-order valence-electron chi connectivity index (χ3n) is 13.8. The van der Waals surface area contributed by atoms with Crippen LogP contribution < -0.4 is 0 Å². The maximum atomic E-state index is 14.2. The van der Waals surface area contributed by atoms with Gasteiger partial charge in [-0.25, -0.2) is 0 Å². The molecule has 252 valence electrons. The van der Waals surface area contributed by atoms with E-state index in [1.54, 1.807) is 13.8 Å². The first-order chi connectivity index (χ1) is 21.7. The van der Waals surface area contributed by atoms with Crippen LogP contribution in [-0.2, 0) is 33.4 Å². The fourth-order valence-corrected chi connectivity index (χ4v) is 10.5. The highest BCUT2D eigenvalue weighted by Gasteiger charge is 2.69. The average Bonchev–Trinajstić information content (AvgIpc) is 3.86. The SMILES string of the molecule is CC1=C2C(=CC(C)(C)[C@@H]2OC(=O)C2C3CCC(O3)C2C(=O)O[C@@H]2C3=C(C)C4(CC4)[C@@](C)(O)C(=O)C3=CC2(C)C)C(=O)[C@](C)(O)C12CC2. The summed E-state index contributed by atoms with van der Waals surface area (Å²) in [6.07, 6.45) is 5.16. The van der Waals surface area contributed by atoms with Crippen LogP contribution in [0.2, 0.25) is 0 Å².